The van der Waals surface area contributed by atoms with Gasteiger partial charge in [0.15, 0.2) is 5.82 Å². The second-order valence-corrected chi connectivity index (χ2v) is 7.05. The molecule has 2 fully saturated rings. The molecule has 1 saturated heterocycles. The molecule has 4 nitrogen and oxygen atoms in total. The fraction of sp³-hybridized carbons (Fsp3) is 0.818. The monoisotopic (exact) mass is 272 g/mol. The van der Waals surface area contributed by atoms with Gasteiger partial charge in [-0.2, -0.15) is 16.7 Å². The zero-order valence-electron chi connectivity index (χ0n) is 9.54. The Bertz CT molecular complexity index is 375. The highest BCUT2D eigenvalue weighted by molar-refractivity contribution is 8.06. The van der Waals surface area contributed by atoms with Gasteiger partial charge in [0.1, 0.15) is 0 Å². The molecule has 6 heteroatoms. The summed E-state index contributed by atoms with van der Waals surface area (Å²) in [6.07, 6.45) is 2.49. The van der Waals surface area contributed by atoms with Crippen LogP contribution in [0.5, 0.6) is 0 Å². The fourth-order valence-corrected chi connectivity index (χ4v) is 4.53. The van der Waals surface area contributed by atoms with Crippen LogP contribution in [-0.4, -0.2) is 38.6 Å². The smallest absolute Gasteiger partial charge is 0.229 e. The average Bonchev–Trinajstić information content (AvgIpc) is 3.12. The van der Waals surface area contributed by atoms with Gasteiger partial charge in [-0.05, 0) is 18.8 Å². The van der Waals surface area contributed by atoms with Gasteiger partial charge in [0, 0.05) is 17.3 Å². The van der Waals surface area contributed by atoms with Gasteiger partial charge in [-0.1, -0.05) is 5.16 Å². The standard InChI is InChI=1S/C11H16N2O2S2/c14-8(7-1-2-7)5-10-12-11(13-15-10)9-6-16-3-4-17-9/h7-9,14H,1-6H2. The van der Waals surface area contributed by atoms with Gasteiger partial charge < -0.3 is 9.63 Å². The lowest BCUT2D eigenvalue weighted by Gasteiger charge is -2.17. The first-order chi connectivity index (χ1) is 8.33. The molecule has 2 aliphatic rings. The van der Waals surface area contributed by atoms with Gasteiger partial charge in [-0.3, -0.25) is 0 Å². The maximum Gasteiger partial charge on any atom is 0.229 e. The van der Waals surface area contributed by atoms with Crippen LogP contribution >= 0.6 is 23.5 Å². The molecule has 1 aliphatic heterocycles. The van der Waals surface area contributed by atoms with E-state index in [1.165, 1.54) is 5.75 Å². The molecule has 17 heavy (non-hydrogen) atoms. The largest absolute Gasteiger partial charge is 0.392 e. The van der Waals surface area contributed by atoms with Crippen LogP contribution in [-0.2, 0) is 6.42 Å². The van der Waals surface area contributed by atoms with Crippen LogP contribution in [0.4, 0.5) is 0 Å². The third-order valence-corrected chi connectivity index (χ3v) is 5.89. The first kappa shape index (κ1) is 11.9. The number of thioether (sulfide) groups is 2. The van der Waals surface area contributed by atoms with E-state index in [2.05, 4.69) is 10.1 Å². The average molecular weight is 272 g/mol. The third kappa shape index (κ3) is 2.98. The number of hydrogen-bond donors (Lipinski definition) is 1. The normalized spacial score (nSPS) is 27.0. The lowest BCUT2D eigenvalue weighted by atomic mass is 10.2. The highest BCUT2D eigenvalue weighted by Gasteiger charge is 2.31. The predicted octanol–water partition coefficient (Wildman–Crippen LogP) is 1.90. The molecule has 2 unspecified atom stereocenters. The van der Waals surface area contributed by atoms with E-state index < -0.39 is 0 Å². The number of hydrogen-bond acceptors (Lipinski definition) is 6. The summed E-state index contributed by atoms with van der Waals surface area (Å²) in [7, 11) is 0. The molecule has 94 valence electrons. The highest BCUT2D eigenvalue weighted by Crippen LogP contribution is 2.36. The summed E-state index contributed by atoms with van der Waals surface area (Å²) < 4.78 is 5.22. The highest BCUT2D eigenvalue weighted by atomic mass is 32.2. The van der Waals surface area contributed by atoms with Crippen LogP contribution in [0, 0.1) is 5.92 Å². The summed E-state index contributed by atoms with van der Waals surface area (Å²) in [5.74, 6) is 5.30. The van der Waals surface area contributed by atoms with Gasteiger partial charge in [0.2, 0.25) is 5.89 Å². The molecule has 1 saturated carbocycles. The molecule has 1 aliphatic carbocycles. The Morgan fingerprint density at radius 1 is 1.41 bits per heavy atom. The molecule has 1 aromatic heterocycles. The van der Waals surface area contributed by atoms with Crippen molar-refractivity contribution in [2.75, 3.05) is 17.3 Å². The molecular formula is C11H16N2O2S2. The fourth-order valence-electron chi connectivity index (χ4n) is 1.95. The van der Waals surface area contributed by atoms with Crippen molar-refractivity contribution in [1.82, 2.24) is 10.1 Å². The maximum atomic E-state index is 9.82. The van der Waals surface area contributed by atoms with Crippen molar-refractivity contribution in [1.29, 1.82) is 0 Å². The van der Waals surface area contributed by atoms with Gasteiger partial charge in [0.05, 0.1) is 17.8 Å². The van der Waals surface area contributed by atoms with Gasteiger partial charge in [0.25, 0.3) is 0 Å². The first-order valence-electron chi connectivity index (χ1n) is 6.03. The summed E-state index contributed by atoms with van der Waals surface area (Å²) in [5.41, 5.74) is 0. The van der Waals surface area contributed by atoms with Crippen LogP contribution in [0.2, 0.25) is 0 Å². The summed E-state index contributed by atoms with van der Waals surface area (Å²) in [4.78, 5) is 4.41. The number of aliphatic hydroxyl groups is 1. The summed E-state index contributed by atoms with van der Waals surface area (Å²) >= 11 is 3.84. The van der Waals surface area contributed by atoms with E-state index in [9.17, 15) is 5.11 Å². The quantitative estimate of drug-likeness (QED) is 0.903. The number of aliphatic hydroxyl groups excluding tert-OH is 1. The molecule has 1 aromatic rings. The summed E-state index contributed by atoms with van der Waals surface area (Å²) in [5, 5.41) is 14.2. The van der Waals surface area contributed by atoms with Crippen molar-refractivity contribution in [2.45, 2.75) is 30.6 Å². The second-order valence-electron chi connectivity index (χ2n) is 4.59. The molecule has 0 radical (unpaired) electrons. The van der Waals surface area contributed by atoms with Crippen molar-refractivity contribution in [3.05, 3.63) is 11.7 Å². The minimum atomic E-state index is -0.295. The summed E-state index contributed by atoms with van der Waals surface area (Å²) in [6.45, 7) is 0. The molecule has 0 aromatic carbocycles. The van der Waals surface area contributed by atoms with E-state index in [0.29, 0.717) is 23.5 Å². The maximum absolute atomic E-state index is 9.82. The van der Waals surface area contributed by atoms with E-state index in [4.69, 9.17) is 4.52 Å². The third-order valence-electron chi connectivity index (χ3n) is 3.14. The van der Waals surface area contributed by atoms with E-state index in [0.717, 1.165) is 30.2 Å². The molecule has 1 N–H and O–H groups in total. The van der Waals surface area contributed by atoms with Gasteiger partial charge in [-0.25, -0.2) is 0 Å². The zero-order valence-corrected chi connectivity index (χ0v) is 11.2. The SMILES string of the molecule is OC(Cc1nc(C2CSCCS2)no1)C1CC1. The van der Waals surface area contributed by atoms with Gasteiger partial charge >= 0.3 is 0 Å². The minimum absolute atomic E-state index is 0.295. The van der Waals surface area contributed by atoms with Crippen molar-refractivity contribution in [3.8, 4) is 0 Å². The van der Waals surface area contributed by atoms with Crippen LogP contribution < -0.4 is 0 Å². The summed E-state index contributed by atoms with van der Waals surface area (Å²) in [6, 6.07) is 0. The second kappa shape index (κ2) is 5.20. The van der Waals surface area contributed by atoms with Crippen LogP contribution in [0.1, 0.15) is 29.8 Å². The lowest BCUT2D eigenvalue weighted by molar-refractivity contribution is 0.140. The Morgan fingerprint density at radius 2 is 2.29 bits per heavy atom. The molecule has 0 bridgehead atoms. The van der Waals surface area contributed by atoms with Crippen molar-refractivity contribution in [3.63, 3.8) is 0 Å². The Hall–Kier alpha value is -0.200. The topological polar surface area (TPSA) is 59.2 Å². The Kier molecular flexibility index (Phi) is 3.63. The molecule has 2 heterocycles. The molecular weight excluding hydrogens is 256 g/mol. The Balaban J connectivity index is 1.60. The number of nitrogens with zero attached hydrogens (tertiary/aromatic N) is 2. The van der Waals surface area contributed by atoms with Gasteiger partial charge in [-0.15, -0.1) is 11.8 Å². The van der Waals surface area contributed by atoms with Crippen molar-refractivity contribution < 1.29 is 9.63 Å². The van der Waals surface area contributed by atoms with Crippen molar-refractivity contribution in [2.24, 2.45) is 5.92 Å². The predicted molar refractivity (Wildman–Crippen MR) is 69.3 cm³/mol. The molecule has 2 atom stereocenters. The van der Waals surface area contributed by atoms with Crippen molar-refractivity contribution >= 4 is 23.5 Å². The minimum Gasteiger partial charge on any atom is -0.392 e. The Morgan fingerprint density at radius 3 is 3.00 bits per heavy atom. The van der Waals surface area contributed by atoms with E-state index in [1.807, 2.05) is 23.5 Å². The Labute approximate surface area is 109 Å². The number of aromatic nitrogens is 2. The lowest BCUT2D eigenvalue weighted by Crippen LogP contribution is -2.13. The van der Waals surface area contributed by atoms with Crippen LogP contribution in [0.25, 0.3) is 0 Å². The first-order valence-corrected chi connectivity index (χ1v) is 8.23. The van der Waals surface area contributed by atoms with E-state index in [1.54, 1.807) is 0 Å². The van der Waals surface area contributed by atoms with E-state index in [-0.39, 0.29) is 6.10 Å². The zero-order chi connectivity index (χ0) is 11.7. The molecule has 0 amide bonds. The van der Waals surface area contributed by atoms with Crippen LogP contribution in [0.3, 0.4) is 0 Å². The molecule has 3 rings (SSSR count). The number of rotatable bonds is 4. The van der Waals surface area contributed by atoms with E-state index >= 15 is 0 Å². The molecule has 0 spiro atoms. The van der Waals surface area contributed by atoms with Crippen LogP contribution in [0.15, 0.2) is 4.52 Å².